The van der Waals surface area contributed by atoms with Crippen LogP contribution in [-0.2, 0) is 4.74 Å². The molecular formula is C15H20BrNO2. The van der Waals surface area contributed by atoms with Crippen molar-refractivity contribution in [3.8, 4) is 0 Å². The molecule has 0 saturated heterocycles. The molecule has 1 amide bonds. The van der Waals surface area contributed by atoms with E-state index in [9.17, 15) is 4.79 Å². The van der Waals surface area contributed by atoms with Crippen LogP contribution in [0.25, 0.3) is 0 Å². The smallest absolute Gasteiger partial charge is 0.434 e. The molecule has 0 radical (unpaired) electrons. The number of rotatable bonds is 5. The van der Waals surface area contributed by atoms with Gasteiger partial charge in [0.05, 0.1) is 0 Å². The Kier molecular flexibility index (Phi) is 6.22. The fourth-order valence-corrected chi connectivity index (χ4v) is 2.12. The minimum Gasteiger partial charge on any atom is -0.441 e. The SMILES string of the molecule is CCC(CC)(CC)OC(=O)/N=C/c1ccc(Br)cc1. The minimum absolute atomic E-state index is 0.381. The van der Waals surface area contributed by atoms with Crippen molar-refractivity contribution in [1.29, 1.82) is 0 Å². The summed E-state index contributed by atoms with van der Waals surface area (Å²) in [6.45, 7) is 6.08. The first kappa shape index (κ1) is 15.9. The number of carbonyl (C=O) groups excluding carboxylic acids is 1. The quantitative estimate of drug-likeness (QED) is 0.716. The summed E-state index contributed by atoms with van der Waals surface area (Å²) in [5.41, 5.74) is 0.490. The predicted molar refractivity (Wildman–Crippen MR) is 81.8 cm³/mol. The molecule has 0 spiro atoms. The van der Waals surface area contributed by atoms with Crippen LogP contribution in [0.5, 0.6) is 0 Å². The van der Waals surface area contributed by atoms with Gasteiger partial charge in [0.25, 0.3) is 0 Å². The fraction of sp³-hybridized carbons (Fsp3) is 0.467. The Balaban J connectivity index is 2.66. The summed E-state index contributed by atoms with van der Waals surface area (Å²) in [7, 11) is 0. The van der Waals surface area contributed by atoms with Gasteiger partial charge < -0.3 is 4.74 Å². The lowest BCUT2D eigenvalue weighted by Gasteiger charge is -2.29. The summed E-state index contributed by atoms with van der Waals surface area (Å²) in [6, 6.07) is 7.57. The Morgan fingerprint density at radius 3 is 2.21 bits per heavy atom. The number of nitrogens with zero attached hydrogens (tertiary/aromatic N) is 1. The van der Waals surface area contributed by atoms with E-state index < -0.39 is 6.09 Å². The van der Waals surface area contributed by atoms with Gasteiger partial charge in [-0.2, -0.15) is 4.99 Å². The lowest BCUT2D eigenvalue weighted by molar-refractivity contribution is 0.00742. The number of aliphatic imine (C=N–C) groups is 1. The Morgan fingerprint density at radius 1 is 1.21 bits per heavy atom. The summed E-state index contributed by atoms with van der Waals surface area (Å²) in [4.78, 5) is 15.6. The molecule has 0 atom stereocenters. The maximum absolute atomic E-state index is 11.7. The largest absolute Gasteiger partial charge is 0.441 e. The van der Waals surface area contributed by atoms with Crippen molar-refractivity contribution in [2.24, 2.45) is 4.99 Å². The van der Waals surface area contributed by atoms with Crippen LogP contribution in [0.3, 0.4) is 0 Å². The average molecular weight is 326 g/mol. The van der Waals surface area contributed by atoms with Crippen molar-refractivity contribution in [3.63, 3.8) is 0 Å². The van der Waals surface area contributed by atoms with E-state index >= 15 is 0 Å². The molecule has 1 aromatic rings. The molecule has 4 heteroatoms. The van der Waals surface area contributed by atoms with Gasteiger partial charge in [-0.3, -0.25) is 0 Å². The number of hydrogen-bond acceptors (Lipinski definition) is 2. The highest BCUT2D eigenvalue weighted by Crippen LogP contribution is 2.24. The second kappa shape index (κ2) is 7.43. The Morgan fingerprint density at radius 2 is 1.74 bits per heavy atom. The van der Waals surface area contributed by atoms with E-state index in [-0.39, 0.29) is 5.60 Å². The molecule has 0 aliphatic heterocycles. The van der Waals surface area contributed by atoms with E-state index in [1.54, 1.807) is 0 Å². The number of ether oxygens (including phenoxy) is 1. The predicted octanol–water partition coefficient (Wildman–Crippen LogP) is 4.97. The second-order valence-corrected chi connectivity index (χ2v) is 5.34. The lowest BCUT2D eigenvalue weighted by atomic mass is 9.94. The van der Waals surface area contributed by atoms with Gasteiger partial charge in [0.15, 0.2) is 0 Å². The summed E-state index contributed by atoms with van der Waals surface area (Å²) >= 11 is 3.36. The van der Waals surface area contributed by atoms with Crippen molar-refractivity contribution in [2.75, 3.05) is 0 Å². The normalized spacial score (nSPS) is 11.8. The van der Waals surface area contributed by atoms with Crippen LogP contribution in [0.2, 0.25) is 0 Å². The average Bonchev–Trinajstić information content (AvgIpc) is 2.44. The molecule has 0 aliphatic carbocycles. The standard InChI is InChI=1S/C15H20BrNO2/c1-4-15(5-2,6-3)19-14(18)17-11-12-7-9-13(16)10-8-12/h7-11H,4-6H2,1-3H3/b17-11+. The first-order valence-electron chi connectivity index (χ1n) is 6.58. The van der Waals surface area contributed by atoms with E-state index in [0.29, 0.717) is 0 Å². The van der Waals surface area contributed by atoms with E-state index in [0.717, 1.165) is 29.3 Å². The van der Waals surface area contributed by atoms with Crippen molar-refractivity contribution in [3.05, 3.63) is 34.3 Å². The van der Waals surface area contributed by atoms with Crippen LogP contribution in [0.4, 0.5) is 4.79 Å². The Hall–Kier alpha value is -1.16. The second-order valence-electron chi connectivity index (χ2n) is 4.42. The third-order valence-corrected chi connectivity index (χ3v) is 3.95. The summed E-state index contributed by atoms with van der Waals surface area (Å²) in [5, 5.41) is 0. The van der Waals surface area contributed by atoms with Gasteiger partial charge in [-0.15, -0.1) is 0 Å². The fourth-order valence-electron chi connectivity index (χ4n) is 1.85. The van der Waals surface area contributed by atoms with Crippen molar-refractivity contribution >= 4 is 28.2 Å². The molecule has 0 aliphatic rings. The van der Waals surface area contributed by atoms with E-state index in [1.807, 2.05) is 45.0 Å². The van der Waals surface area contributed by atoms with Crippen molar-refractivity contribution in [1.82, 2.24) is 0 Å². The molecule has 1 aromatic carbocycles. The molecule has 19 heavy (non-hydrogen) atoms. The van der Waals surface area contributed by atoms with Gasteiger partial charge in [-0.1, -0.05) is 48.8 Å². The Labute approximate surface area is 123 Å². The van der Waals surface area contributed by atoms with Gasteiger partial charge in [0, 0.05) is 10.7 Å². The van der Waals surface area contributed by atoms with Crippen LogP contribution >= 0.6 is 15.9 Å². The molecule has 0 aromatic heterocycles. The van der Waals surface area contributed by atoms with Gasteiger partial charge >= 0.3 is 6.09 Å². The zero-order valence-electron chi connectivity index (χ0n) is 11.6. The molecule has 0 saturated carbocycles. The molecule has 0 unspecified atom stereocenters. The molecule has 0 N–H and O–H groups in total. The molecular weight excluding hydrogens is 306 g/mol. The molecule has 1 rings (SSSR count). The highest BCUT2D eigenvalue weighted by Gasteiger charge is 2.28. The summed E-state index contributed by atoms with van der Waals surface area (Å²) in [5.74, 6) is 0. The third kappa shape index (κ3) is 4.78. The molecule has 0 heterocycles. The highest BCUT2D eigenvalue weighted by atomic mass is 79.9. The molecule has 0 bridgehead atoms. The first-order chi connectivity index (χ1) is 9.05. The van der Waals surface area contributed by atoms with Gasteiger partial charge in [-0.05, 0) is 37.0 Å². The zero-order chi connectivity index (χ0) is 14.3. The van der Waals surface area contributed by atoms with Crippen LogP contribution in [0.1, 0.15) is 45.6 Å². The topological polar surface area (TPSA) is 38.7 Å². The van der Waals surface area contributed by atoms with E-state index in [2.05, 4.69) is 20.9 Å². The molecule has 0 fully saturated rings. The summed E-state index contributed by atoms with van der Waals surface area (Å²) < 4.78 is 6.48. The number of hydrogen-bond donors (Lipinski definition) is 0. The van der Waals surface area contributed by atoms with Crippen LogP contribution in [0.15, 0.2) is 33.7 Å². The highest BCUT2D eigenvalue weighted by molar-refractivity contribution is 9.10. The lowest BCUT2D eigenvalue weighted by Crippen LogP contribution is -2.32. The van der Waals surface area contributed by atoms with E-state index in [4.69, 9.17) is 4.74 Å². The van der Waals surface area contributed by atoms with E-state index in [1.165, 1.54) is 6.21 Å². The zero-order valence-corrected chi connectivity index (χ0v) is 13.2. The monoisotopic (exact) mass is 325 g/mol. The molecule has 3 nitrogen and oxygen atoms in total. The van der Waals surface area contributed by atoms with Crippen LogP contribution in [0, 0.1) is 0 Å². The first-order valence-corrected chi connectivity index (χ1v) is 7.37. The van der Waals surface area contributed by atoms with Gasteiger partial charge in [0.1, 0.15) is 5.60 Å². The number of amides is 1. The van der Waals surface area contributed by atoms with Crippen LogP contribution in [-0.4, -0.2) is 17.9 Å². The van der Waals surface area contributed by atoms with Crippen molar-refractivity contribution in [2.45, 2.75) is 45.6 Å². The van der Waals surface area contributed by atoms with Gasteiger partial charge in [-0.25, -0.2) is 4.79 Å². The van der Waals surface area contributed by atoms with Gasteiger partial charge in [0.2, 0.25) is 0 Å². The van der Waals surface area contributed by atoms with Crippen LogP contribution < -0.4 is 0 Å². The minimum atomic E-state index is -0.520. The maximum Gasteiger partial charge on any atom is 0.434 e. The van der Waals surface area contributed by atoms with Crippen molar-refractivity contribution < 1.29 is 9.53 Å². The summed E-state index contributed by atoms with van der Waals surface area (Å²) in [6.07, 6.45) is 3.42. The number of halogens is 1. The number of carbonyl (C=O) groups is 1. The maximum atomic E-state index is 11.7. The Bertz CT molecular complexity index is 428. The number of benzene rings is 1. The third-order valence-electron chi connectivity index (χ3n) is 3.43. The molecule has 104 valence electrons.